The van der Waals surface area contributed by atoms with E-state index in [-0.39, 0.29) is 60.8 Å². The molecule has 442 valence electrons. The van der Waals surface area contributed by atoms with Gasteiger partial charge in [-0.2, -0.15) is 87.8 Å². The monoisotopic (exact) mass is 1170 g/mol. The molecule has 0 radical (unpaired) electrons. The molecule has 0 spiro atoms. The number of anilines is 4. The van der Waals surface area contributed by atoms with Crippen molar-refractivity contribution >= 4 is 45.9 Å². The van der Waals surface area contributed by atoms with Crippen LogP contribution >= 0.6 is 0 Å². The Morgan fingerprint density at radius 3 is 1.05 bits per heavy atom. The van der Waals surface area contributed by atoms with Crippen LogP contribution in [0.5, 0.6) is 0 Å². The highest BCUT2D eigenvalue weighted by Crippen LogP contribution is 2.54. The van der Waals surface area contributed by atoms with Gasteiger partial charge in [0.2, 0.25) is 11.6 Å². The van der Waals surface area contributed by atoms with Gasteiger partial charge in [-0.25, -0.2) is 0 Å². The summed E-state index contributed by atoms with van der Waals surface area (Å²) in [6.07, 6.45) is -24.4. The predicted octanol–water partition coefficient (Wildman–Crippen LogP) is 14.5. The van der Waals surface area contributed by atoms with Gasteiger partial charge in [0.25, 0.3) is 11.6 Å². The first-order valence-corrected chi connectivity index (χ1v) is 24.1. The van der Waals surface area contributed by atoms with Crippen molar-refractivity contribution in [3.63, 3.8) is 0 Å². The molecule has 0 fully saturated rings. The maximum atomic E-state index is 15.8. The Labute approximate surface area is 443 Å². The van der Waals surface area contributed by atoms with Crippen LogP contribution in [0.15, 0.2) is 89.6 Å². The van der Waals surface area contributed by atoms with Gasteiger partial charge >= 0.3 is 48.4 Å². The molecule has 0 saturated carbocycles. The standard InChI is InChI=1S/C52H50F20N4O4/c1-41(2)14-18-73(24-29(41)37(77)45(53,54)49(63,64)51(67,68)69)33-10-8-9-11-34(33)75-21-17-44(7,32(27-75)38(78)46(55,56)50(65,66)52(70,71)72)23-28-12-13-35(74-19-15-42(3,4)30(25-74)39(79)47(57,58)59)36(22-28)76-20-16-43(5,6)31(26-76)40(80)48(60,61)62/h8-13,22,24-27H,14-21,23H2,1-7H3. The summed E-state index contributed by atoms with van der Waals surface area (Å²) >= 11 is 0. The lowest BCUT2D eigenvalue weighted by molar-refractivity contribution is -0.343. The van der Waals surface area contributed by atoms with Gasteiger partial charge in [-0.1, -0.05) is 66.7 Å². The van der Waals surface area contributed by atoms with Crippen LogP contribution in [-0.2, 0) is 25.6 Å². The molecule has 1 atom stereocenters. The average molecular weight is 1170 g/mol. The van der Waals surface area contributed by atoms with Crippen LogP contribution < -0.4 is 19.6 Å². The molecule has 2 aromatic rings. The lowest BCUT2D eigenvalue weighted by Gasteiger charge is -2.43. The molecule has 8 nitrogen and oxygen atoms in total. The molecule has 0 aromatic heterocycles. The minimum Gasteiger partial charge on any atom is -0.346 e. The maximum absolute atomic E-state index is 15.8. The molecule has 6 rings (SSSR count). The number of rotatable bonds is 14. The Balaban J connectivity index is 1.54. The molecule has 0 saturated heterocycles. The zero-order valence-electron chi connectivity index (χ0n) is 43.2. The molecule has 28 heteroatoms. The highest BCUT2D eigenvalue weighted by molar-refractivity contribution is 6.05. The van der Waals surface area contributed by atoms with E-state index in [4.69, 9.17) is 0 Å². The number of Topliss-reactive ketones (excluding diaryl/α,β-unsaturated/α-hetero) is 4. The van der Waals surface area contributed by atoms with E-state index >= 15 is 8.78 Å². The fraction of sp³-hybridized carbons (Fsp3) is 0.538. The van der Waals surface area contributed by atoms with Crippen molar-refractivity contribution < 1.29 is 107 Å². The molecule has 0 amide bonds. The van der Waals surface area contributed by atoms with Gasteiger partial charge in [0.1, 0.15) is 0 Å². The summed E-state index contributed by atoms with van der Waals surface area (Å²) in [5.74, 6) is -37.5. The van der Waals surface area contributed by atoms with E-state index in [0.717, 1.165) is 83.1 Å². The first-order chi connectivity index (χ1) is 36.0. The summed E-state index contributed by atoms with van der Waals surface area (Å²) in [7, 11) is 0. The molecule has 1 unspecified atom stereocenters. The lowest BCUT2D eigenvalue weighted by Crippen LogP contribution is -2.58. The molecular formula is C52H50F20N4O4. The van der Waals surface area contributed by atoms with Crippen molar-refractivity contribution in [2.24, 2.45) is 21.7 Å². The Morgan fingerprint density at radius 1 is 0.400 bits per heavy atom. The first-order valence-electron chi connectivity index (χ1n) is 24.1. The van der Waals surface area contributed by atoms with Gasteiger partial charge in [0, 0.05) is 78.7 Å². The first kappa shape index (κ1) is 63.1. The Hall–Kier alpha value is -6.12. The zero-order valence-corrected chi connectivity index (χ0v) is 43.2. The second-order valence-corrected chi connectivity index (χ2v) is 22.3. The van der Waals surface area contributed by atoms with Crippen LogP contribution in [0, 0.1) is 21.7 Å². The van der Waals surface area contributed by atoms with Crippen molar-refractivity contribution in [2.45, 2.75) is 129 Å². The Bertz CT molecular complexity index is 2940. The quantitative estimate of drug-likeness (QED) is 0.173. The van der Waals surface area contributed by atoms with Crippen LogP contribution in [0.1, 0.15) is 79.7 Å². The average Bonchev–Trinajstić information content (AvgIpc) is 3.31. The third-order valence-corrected chi connectivity index (χ3v) is 15.1. The van der Waals surface area contributed by atoms with E-state index in [2.05, 4.69) is 0 Å². The zero-order chi connectivity index (χ0) is 61.0. The summed E-state index contributed by atoms with van der Waals surface area (Å²) < 4.78 is 284. The fourth-order valence-electron chi connectivity index (χ4n) is 9.88. The molecule has 4 aliphatic rings. The van der Waals surface area contributed by atoms with Gasteiger partial charge in [0.05, 0.1) is 22.7 Å². The van der Waals surface area contributed by atoms with Crippen molar-refractivity contribution in [2.75, 3.05) is 45.8 Å². The smallest absolute Gasteiger partial charge is 0.346 e. The number of hydrogen-bond acceptors (Lipinski definition) is 8. The highest BCUT2D eigenvalue weighted by atomic mass is 19.4. The number of carbonyl (C=O) groups excluding carboxylic acids is 4. The third-order valence-electron chi connectivity index (χ3n) is 15.1. The van der Waals surface area contributed by atoms with E-state index < -0.39 is 141 Å². The van der Waals surface area contributed by atoms with Gasteiger partial charge in [0.15, 0.2) is 0 Å². The lowest BCUT2D eigenvalue weighted by atomic mass is 9.70. The topological polar surface area (TPSA) is 81.2 Å². The van der Waals surface area contributed by atoms with E-state index in [1.165, 1.54) is 39.8 Å². The van der Waals surface area contributed by atoms with Crippen LogP contribution in [0.25, 0.3) is 0 Å². The van der Waals surface area contributed by atoms with Gasteiger partial charge in [-0.05, 0) is 78.2 Å². The number of carbonyl (C=O) groups is 4. The fourth-order valence-corrected chi connectivity index (χ4v) is 9.88. The maximum Gasteiger partial charge on any atom is 0.460 e. The van der Waals surface area contributed by atoms with E-state index in [9.17, 15) is 98.2 Å². The number of para-hydroxylation sites is 2. The third kappa shape index (κ3) is 11.3. The number of allylic oxidation sites excluding steroid dienone is 4. The molecule has 4 aliphatic heterocycles. The SMILES string of the molecule is CC1(C)CCN(c2ccc(CC3(C)CCN(c4ccccc4N4C=C(C(=O)C(F)(F)C(F)(F)C(F)(F)F)C(C)(C)CC4)C=C3C(=O)C(F)(F)C(F)(F)C(F)(F)F)cc2N2C=C(C(=O)C(F)(F)F)C(C)(C)CC2)C=C1C(=O)C(F)(F)F. The molecule has 0 aliphatic carbocycles. The number of halogens is 20. The molecule has 4 heterocycles. The molecule has 0 N–H and O–H groups in total. The van der Waals surface area contributed by atoms with Crippen molar-refractivity contribution in [3.05, 3.63) is 95.1 Å². The van der Waals surface area contributed by atoms with E-state index in [1.54, 1.807) is 0 Å². The van der Waals surface area contributed by atoms with Gasteiger partial charge in [-0.3, -0.25) is 19.2 Å². The minimum absolute atomic E-state index is 0.121. The summed E-state index contributed by atoms with van der Waals surface area (Å²) in [4.78, 5) is 56.7. The van der Waals surface area contributed by atoms with Crippen LogP contribution in [0.4, 0.5) is 111 Å². The van der Waals surface area contributed by atoms with Crippen molar-refractivity contribution in [3.8, 4) is 0 Å². The second kappa shape index (κ2) is 20.1. The van der Waals surface area contributed by atoms with Crippen LogP contribution in [0.3, 0.4) is 0 Å². The predicted molar refractivity (Wildman–Crippen MR) is 250 cm³/mol. The number of nitrogens with zero attached hydrogens (tertiary/aromatic N) is 4. The summed E-state index contributed by atoms with van der Waals surface area (Å²) in [6, 6.07) is 8.12. The number of hydrogen-bond donors (Lipinski definition) is 0. The van der Waals surface area contributed by atoms with E-state index in [0.29, 0.717) is 12.4 Å². The number of alkyl halides is 20. The molecule has 2 aromatic carbocycles. The summed E-state index contributed by atoms with van der Waals surface area (Å²) in [5.41, 5.74) is -12.3. The second-order valence-electron chi connectivity index (χ2n) is 22.3. The van der Waals surface area contributed by atoms with Crippen molar-refractivity contribution in [1.29, 1.82) is 0 Å². The molecule has 80 heavy (non-hydrogen) atoms. The van der Waals surface area contributed by atoms with Crippen molar-refractivity contribution in [1.82, 2.24) is 0 Å². The summed E-state index contributed by atoms with van der Waals surface area (Å²) in [6.45, 7) is 7.17. The van der Waals surface area contributed by atoms with Crippen LogP contribution in [-0.4, -0.2) is 97.7 Å². The van der Waals surface area contributed by atoms with Gasteiger partial charge < -0.3 is 19.6 Å². The number of benzene rings is 2. The van der Waals surface area contributed by atoms with Gasteiger partial charge in [-0.15, -0.1) is 0 Å². The Kier molecular flexibility index (Phi) is 15.8. The normalized spacial score (nSPS) is 21.6. The number of ketones is 4. The van der Waals surface area contributed by atoms with E-state index in [1.807, 2.05) is 0 Å². The van der Waals surface area contributed by atoms with Crippen LogP contribution in [0.2, 0.25) is 0 Å². The molecular weight excluding hydrogens is 1120 g/mol. The minimum atomic E-state index is -7.06. The molecule has 0 bridgehead atoms. The highest BCUT2D eigenvalue weighted by Gasteiger charge is 2.78. The summed E-state index contributed by atoms with van der Waals surface area (Å²) in [5, 5.41) is 0. The largest absolute Gasteiger partial charge is 0.460 e. The Morgan fingerprint density at radius 2 is 0.700 bits per heavy atom.